The number of aliphatic hydroxyl groups is 4. The molecule has 252 valence electrons. The molecule has 0 fully saturated rings. The minimum Gasteiger partial charge on any atom is -0.394 e. The summed E-state index contributed by atoms with van der Waals surface area (Å²) in [5.74, 6) is -0.294. The van der Waals surface area contributed by atoms with Gasteiger partial charge >= 0.3 is 0 Å². The maximum Gasteiger partial charge on any atom is 0.220 e. The van der Waals surface area contributed by atoms with Gasteiger partial charge in [0.2, 0.25) is 5.91 Å². The van der Waals surface area contributed by atoms with E-state index in [9.17, 15) is 25.2 Å². The number of rotatable bonds is 29. The van der Waals surface area contributed by atoms with Crippen LogP contribution in [0.4, 0.5) is 0 Å². The second-order valence-corrected chi connectivity index (χ2v) is 11.5. The van der Waals surface area contributed by atoms with E-state index >= 15 is 0 Å². The van der Waals surface area contributed by atoms with Crippen molar-refractivity contribution in [3.63, 3.8) is 0 Å². The van der Waals surface area contributed by atoms with Crippen molar-refractivity contribution in [1.82, 2.24) is 5.32 Å². The van der Waals surface area contributed by atoms with Crippen LogP contribution in [0.15, 0.2) is 72.9 Å². The smallest absolute Gasteiger partial charge is 0.220 e. The fraction of sp³-hybridized carbons (Fsp3) is 0.658. The maximum atomic E-state index is 12.3. The van der Waals surface area contributed by atoms with Gasteiger partial charge < -0.3 is 25.7 Å². The van der Waals surface area contributed by atoms with E-state index in [-0.39, 0.29) is 18.9 Å². The van der Waals surface area contributed by atoms with Gasteiger partial charge in [0.05, 0.1) is 31.0 Å². The average Bonchev–Trinajstić information content (AvgIpc) is 3.02. The first-order chi connectivity index (χ1) is 21.5. The normalized spacial score (nSPS) is 15.5. The molecule has 5 N–H and O–H groups in total. The first-order valence-electron chi connectivity index (χ1n) is 17.3. The van der Waals surface area contributed by atoms with Crippen LogP contribution in [0.25, 0.3) is 0 Å². The first kappa shape index (κ1) is 41.8. The highest BCUT2D eigenvalue weighted by Gasteiger charge is 2.19. The number of carbonyl (C=O) groups is 1. The lowest BCUT2D eigenvalue weighted by Gasteiger charge is -2.20. The number of allylic oxidation sites excluding steroid dienone is 10. The molecule has 0 aliphatic rings. The molecular weight excluding hydrogens is 550 g/mol. The summed E-state index contributed by atoms with van der Waals surface area (Å²) in [5, 5.41) is 43.1. The first-order valence-corrected chi connectivity index (χ1v) is 17.3. The molecule has 0 bridgehead atoms. The zero-order valence-corrected chi connectivity index (χ0v) is 27.9. The van der Waals surface area contributed by atoms with E-state index in [0.29, 0.717) is 19.3 Å². The van der Waals surface area contributed by atoms with E-state index < -0.39 is 24.4 Å². The Kier molecular flexibility index (Phi) is 30.5. The number of aliphatic hydroxyl groups excluding tert-OH is 4. The Balaban J connectivity index is 4.00. The van der Waals surface area contributed by atoms with Crippen LogP contribution in [0.5, 0.6) is 0 Å². The summed E-state index contributed by atoms with van der Waals surface area (Å²) >= 11 is 0. The van der Waals surface area contributed by atoms with Crippen molar-refractivity contribution in [1.29, 1.82) is 0 Å². The zero-order chi connectivity index (χ0) is 32.5. The molecule has 0 rings (SSSR count). The summed E-state index contributed by atoms with van der Waals surface area (Å²) < 4.78 is 0. The van der Waals surface area contributed by atoms with Gasteiger partial charge in [-0.3, -0.25) is 4.79 Å². The van der Waals surface area contributed by atoms with Crippen LogP contribution in [0, 0.1) is 0 Å². The van der Waals surface area contributed by atoms with Gasteiger partial charge in [0.1, 0.15) is 0 Å². The van der Waals surface area contributed by atoms with Crippen LogP contribution in [-0.2, 0) is 4.79 Å². The SMILES string of the molecule is CC/C=C\C/C=C\C/C=C\C/C=C\C[C@@H](O)[C@H](O)CCCC(=O)N[C@@H](CO)[C@H](O)/C=C/CCCCCCCC/C=C\CCC. The molecule has 0 aliphatic heterocycles. The van der Waals surface area contributed by atoms with E-state index in [2.05, 4.69) is 67.8 Å². The molecule has 0 aromatic rings. The van der Waals surface area contributed by atoms with Gasteiger partial charge in [0.25, 0.3) is 0 Å². The summed E-state index contributed by atoms with van der Waals surface area (Å²) in [5.41, 5.74) is 0. The van der Waals surface area contributed by atoms with Crippen molar-refractivity contribution < 1.29 is 25.2 Å². The molecule has 0 spiro atoms. The lowest BCUT2D eigenvalue weighted by atomic mass is 10.0. The fourth-order valence-electron chi connectivity index (χ4n) is 4.56. The molecule has 4 atom stereocenters. The van der Waals surface area contributed by atoms with Crippen molar-refractivity contribution in [2.24, 2.45) is 0 Å². The summed E-state index contributed by atoms with van der Waals surface area (Å²) in [6, 6.07) is -0.765. The van der Waals surface area contributed by atoms with Crippen LogP contribution < -0.4 is 5.32 Å². The standard InChI is InChI=1S/C38H65NO5/c1-3-5-7-9-11-13-15-17-19-20-22-24-26-29-35(41)34(33-40)39-38(44)32-28-31-37(43)36(42)30-27-25-23-21-18-16-14-12-10-8-6-4-2/h6-9,12,14,18,21,25-27,29,34-37,40-43H,3-5,10-11,13,15-17,19-20,22-24,28,30-33H2,1-2H3,(H,39,44)/b8-6-,9-7-,14-12-,21-18-,27-25-,29-26+/t34-,35+,36+,37+/m0/s1. The Hall–Kier alpha value is -2.25. The predicted molar refractivity (Wildman–Crippen MR) is 186 cm³/mol. The summed E-state index contributed by atoms with van der Waals surface area (Å²) in [4.78, 5) is 12.3. The van der Waals surface area contributed by atoms with Gasteiger partial charge in [0, 0.05) is 6.42 Å². The second-order valence-electron chi connectivity index (χ2n) is 11.5. The number of nitrogens with one attached hydrogen (secondary N) is 1. The van der Waals surface area contributed by atoms with E-state index in [1.807, 2.05) is 18.2 Å². The molecule has 0 aromatic heterocycles. The second kappa shape index (κ2) is 32.2. The van der Waals surface area contributed by atoms with E-state index in [1.165, 1.54) is 44.9 Å². The molecule has 1 amide bonds. The Labute approximate surface area is 269 Å². The molecule has 0 aliphatic carbocycles. The molecule has 6 heteroatoms. The summed E-state index contributed by atoms with van der Waals surface area (Å²) in [6.07, 6.45) is 38.6. The van der Waals surface area contributed by atoms with Crippen LogP contribution in [0.2, 0.25) is 0 Å². The highest BCUT2D eigenvalue weighted by molar-refractivity contribution is 5.76. The number of hydrogen-bond donors (Lipinski definition) is 5. The third-order valence-electron chi connectivity index (χ3n) is 7.35. The molecule has 0 saturated heterocycles. The average molecular weight is 616 g/mol. The summed E-state index contributed by atoms with van der Waals surface area (Å²) in [6.45, 7) is 3.96. The van der Waals surface area contributed by atoms with E-state index in [0.717, 1.165) is 44.9 Å². The third kappa shape index (κ3) is 27.3. The van der Waals surface area contributed by atoms with Gasteiger partial charge in [-0.25, -0.2) is 0 Å². The lowest BCUT2D eigenvalue weighted by Crippen LogP contribution is -2.45. The highest BCUT2D eigenvalue weighted by atomic mass is 16.3. The quantitative estimate of drug-likeness (QED) is 0.0433. The minimum absolute atomic E-state index is 0.149. The van der Waals surface area contributed by atoms with Gasteiger partial charge in [-0.05, 0) is 77.0 Å². The van der Waals surface area contributed by atoms with Crippen LogP contribution in [-0.4, -0.2) is 57.3 Å². The number of hydrogen-bond acceptors (Lipinski definition) is 5. The summed E-state index contributed by atoms with van der Waals surface area (Å²) in [7, 11) is 0. The molecule has 44 heavy (non-hydrogen) atoms. The Bertz CT molecular complexity index is 829. The van der Waals surface area contributed by atoms with Gasteiger partial charge in [-0.1, -0.05) is 119 Å². The largest absolute Gasteiger partial charge is 0.394 e. The molecule has 0 unspecified atom stereocenters. The molecule has 0 radical (unpaired) electrons. The zero-order valence-electron chi connectivity index (χ0n) is 27.9. The Morgan fingerprint density at radius 3 is 1.77 bits per heavy atom. The maximum absolute atomic E-state index is 12.3. The molecule has 0 saturated carbocycles. The van der Waals surface area contributed by atoms with Crippen LogP contribution >= 0.6 is 0 Å². The number of amides is 1. The molecular formula is C38H65NO5. The fourth-order valence-corrected chi connectivity index (χ4v) is 4.56. The van der Waals surface area contributed by atoms with Crippen molar-refractivity contribution in [3.05, 3.63) is 72.9 Å². The van der Waals surface area contributed by atoms with Gasteiger partial charge in [-0.2, -0.15) is 0 Å². The van der Waals surface area contributed by atoms with E-state index in [1.54, 1.807) is 6.08 Å². The Morgan fingerprint density at radius 1 is 0.636 bits per heavy atom. The monoisotopic (exact) mass is 615 g/mol. The topological polar surface area (TPSA) is 110 Å². The van der Waals surface area contributed by atoms with Crippen LogP contribution in [0.1, 0.15) is 129 Å². The molecule has 6 nitrogen and oxygen atoms in total. The van der Waals surface area contributed by atoms with Crippen molar-refractivity contribution in [3.8, 4) is 0 Å². The third-order valence-corrected chi connectivity index (χ3v) is 7.35. The number of unbranched alkanes of at least 4 members (excludes halogenated alkanes) is 8. The minimum atomic E-state index is -0.955. The molecule has 0 aromatic carbocycles. The van der Waals surface area contributed by atoms with Crippen molar-refractivity contribution in [2.75, 3.05) is 6.61 Å². The van der Waals surface area contributed by atoms with E-state index in [4.69, 9.17) is 0 Å². The van der Waals surface area contributed by atoms with Crippen molar-refractivity contribution >= 4 is 5.91 Å². The highest BCUT2D eigenvalue weighted by Crippen LogP contribution is 2.11. The van der Waals surface area contributed by atoms with Gasteiger partial charge in [0.15, 0.2) is 0 Å². The predicted octanol–water partition coefficient (Wildman–Crippen LogP) is 7.95. The van der Waals surface area contributed by atoms with Crippen molar-refractivity contribution in [2.45, 2.75) is 154 Å². The van der Waals surface area contributed by atoms with Gasteiger partial charge in [-0.15, -0.1) is 0 Å². The molecule has 0 heterocycles. The Morgan fingerprint density at radius 2 is 1.18 bits per heavy atom. The number of carbonyl (C=O) groups excluding carboxylic acids is 1. The lowest BCUT2D eigenvalue weighted by molar-refractivity contribution is -0.123. The van der Waals surface area contributed by atoms with Crippen LogP contribution in [0.3, 0.4) is 0 Å².